The van der Waals surface area contributed by atoms with E-state index in [2.05, 4.69) is 24.4 Å². The highest BCUT2D eigenvalue weighted by molar-refractivity contribution is 6.15. The van der Waals surface area contributed by atoms with Gasteiger partial charge in [0, 0.05) is 12.0 Å². The Balaban J connectivity index is 1.95. The fourth-order valence-corrected chi connectivity index (χ4v) is 3.17. The van der Waals surface area contributed by atoms with Gasteiger partial charge in [-0.3, -0.25) is 4.79 Å². The molecule has 1 saturated carbocycles. The van der Waals surface area contributed by atoms with Crippen molar-refractivity contribution in [3.8, 4) is 0 Å². The highest BCUT2D eigenvalue weighted by Gasteiger charge is 2.46. The van der Waals surface area contributed by atoms with E-state index in [1.807, 2.05) is 0 Å². The van der Waals surface area contributed by atoms with Crippen LogP contribution in [0.2, 0.25) is 0 Å². The largest absolute Gasteiger partial charge is 0.306 e. The third kappa shape index (κ3) is 2.05. The number of nitrogens with zero attached hydrogens (tertiary/aromatic N) is 1. The monoisotopic (exact) mass is 260 g/mol. The number of hydrogen-bond donors (Lipinski definition) is 1. The number of nitrogens with one attached hydrogen (secondary N) is 1. The van der Waals surface area contributed by atoms with Gasteiger partial charge in [0.1, 0.15) is 11.6 Å². The first-order valence-electron chi connectivity index (χ1n) is 6.59. The Morgan fingerprint density at radius 3 is 2.84 bits per heavy atom. The van der Waals surface area contributed by atoms with Crippen molar-refractivity contribution in [2.75, 3.05) is 0 Å². The molecule has 3 rings (SSSR count). The molecule has 3 nitrogen and oxygen atoms in total. The van der Waals surface area contributed by atoms with Crippen molar-refractivity contribution in [3.05, 3.63) is 35.6 Å². The quantitative estimate of drug-likeness (QED) is 0.843. The predicted octanol–water partition coefficient (Wildman–Crippen LogP) is 2.51. The zero-order valence-electron chi connectivity index (χ0n) is 11.1. The van der Waals surface area contributed by atoms with Crippen LogP contribution < -0.4 is 5.43 Å². The molecule has 4 heteroatoms. The van der Waals surface area contributed by atoms with Crippen molar-refractivity contribution in [3.63, 3.8) is 0 Å². The first-order valence-corrected chi connectivity index (χ1v) is 6.59. The molecule has 0 aromatic heterocycles. The van der Waals surface area contributed by atoms with Crippen molar-refractivity contribution in [1.29, 1.82) is 0 Å². The molecular formula is C15H17FN2O. The Morgan fingerprint density at radius 1 is 1.37 bits per heavy atom. The van der Waals surface area contributed by atoms with Crippen LogP contribution in [0.25, 0.3) is 0 Å². The molecule has 1 N–H and O–H groups in total. The van der Waals surface area contributed by atoms with E-state index in [1.165, 1.54) is 6.07 Å². The van der Waals surface area contributed by atoms with Gasteiger partial charge < -0.3 is 5.43 Å². The molecule has 1 aromatic rings. The number of ketones is 1. The van der Waals surface area contributed by atoms with Gasteiger partial charge in [-0.15, -0.1) is 0 Å². The minimum atomic E-state index is -0.318. The van der Waals surface area contributed by atoms with Crippen LogP contribution in [-0.4, -0.2) is 17.5 Å². The number of carbonyl (C=O) groups is 1. The van der Waals surface area contributed by atoms with Gasteiger partial charge in [0.2, 0.25) is 0 Å². The standard InChI is InChI=1S/C15H17FN2O/c1-15(2)7-11-13(12(19)8-15)14(18-17-11)9-5-3-4-6-10(9)16/h3-6,11,13,17H,7-8H2,1-2H3/t11-,13-/m1/s1. The zero-order valence-corrected chi connectivity index (χ0v) is 11.1. The smallest absolute Gasteiger partial charge is 0.144 e. The van der Waals surface area contributed by atoms with E-state index in [9.17, 15) is 9.18 Å². The highest BCUT2D eigenvalue weighted by atomic mass is 19.1. The van der Waals surface area contributed by atoms with Crippen molar-refractivity contribution < 1.29 is 9.18 Å². The minimum absolute atomic E-state index is 0.00542. The van der Waals surface area contributed by atoms with E-state index in [1.54, 1.807) is 18.2 Å². The number of fused-ring (bicyclic) bond motifs is 1. The molecule has 2 atom stereocenters. The summed E-state index contributed by atoms with van der Waals surface area (Å²) in [5.74, 6) is -0.459. The zero-order chi connectivity index (χ0) is 13.6. The maximum atomic E-state index is 13.9. The molecule has 0 bridgehead atoms. The lowest BCUT2D eigenvalue weighted by molar-refractivity contribution is -0.126. The van der Waals surface area contributed by atoms with Crippen LogP contribution in [0.15, 0.2) is 29.4 Å². The lowest BCUT2D eigenvalue weighted by Gasteiger charge is -2.36. The Hall–Kier alpha value is -1.71. The summed E-state index contributed by atoms with van der Waals surface area (Å²) >= 11 is 0. The summed E-state index contributed by atoms with van der Waals surface area (Å²) in [6.45, 7) is 4.17. The number of Topliss-reactive ketones (excluding diaryl/α,β-unsaturated/α-hetero) is 1. The number of benzene rings is 1. The van der Waals surface area contributed by atoms with Crippen molar-refractivity contribution >= 4 is 11.5 Å². The lowest BCUT2D eigenvalue weighted by Crippen LogP contribution is -2.45. The van der Waals surface area contributed by atoms with Gasteiger partial charge in [0.05, 0.1) is 17.7 Å². The van der Waals surface area contributed by atoms with E-state index in [4.69, 9.17) is 0 Å². The molecule has 19 heavy (non-hydrogen) atoms. The summed E-state index contributed by atoms with van der Waals surface area (Å²) in [7, 11) is 0. The molecule has 1 heterocycles. The SMILES string of the molecule is CC1(C)CC(=O)[C@@H]2C(c3ccccc3F)=NN[C@@H]2C1. The topological polar surface area (TPSA) is 41.5 Å². The first-order chi connectivity index (χ1) is 8.98. The fraction of sp³-hybridized carbons (Fsp3) is 0.467. The number of halogens is 1. The highest BCUT2D eigenvalue weighted by Crippen LogP contribution is 2.39. The van der Waals surface area contributed by atoms with Gasteiger partial charge in [-0.25, -0.2) is 4.39 Å². The van der Waals surface area contributed by atoms with E-state index in [0.29, 0.717) is 17.7 Å². The number of carbonyl (C=O) groups excluding carboxylic acids is 1. The number of rotatable bonds is 1. The molecule has 1 aliphatic carbocycles. The molecule has 1 fully saturated rings. The van der Waals surface area contributed by atoms with E-state index in [0.717, 1.165) is 6.42 Å². The lowest BCUT2D eigenvalue weighted by atomic mass is 9.68. The Bertz CT molecular complexity index is 565. The maximum absolute atomic E-state index is 13.9. The van der Waals surface area contributed by atoms with Crippen LogP contribution in [0.5, 0.6) is 0 Å². The molecule has 0 spiro atoms. The summed E-state index contributed by atoms with van der Waals surface area (Å²) < 4.78 is 13.9. The van der Waals surface area contributed by atoms with Crippen LogP contribution >= 0.6 is 0 Å². The molecular weight excluding hydrogens is 243 g/mol. The molecule has 0 amide bonds. The van der Waals surface area contributed by atoms with Crippen molar-refractivity contribution in [1.82, 2.24) is 5.43 Å². The summed E-state index contributed by atoms with van der Waals surface area (Å²) in [6, 6.07) is 6.51. The van der Waals surface area contributed by atoms with Gasteiger partial charge in [0.15, 0.2) is 0 Å². The third-order valence-corrected chi connectivity index (χ3v) is 3.97. The van der Waals surface area contributed by atoms with Crippen LogP contribution in [0.4, 0.5) is 4.39 Å². The number of hydrazone groups is 1. The van der Waals surface area contributed by atoms with Crippen molar-refractivity contribution in [2.24, 2.45) is 16.4 Å². The van der Waals surface area contributed by atoms with Gasteiger partial charge in [0.25, 0.3) is 0 Å². The molecule has 0 unspecified atom stereocenters. The van der Waals surface area contributed by atoms with Crippen LogP contribution in [0.1, 0.15) is 32.3 Å². The molecule has 2 aliphatic rings. The molecule has 1 aliphatic heterocycles. The van der Waals surface area contributed by atoms with Gasteiger partial charge in [-0.2, -0.15) is 5.10 Å². The Kier molecular flexibility index (Phi) is 2.69. The normalized spacial score (nSPS) is 28.6. The Morgan fingerprint density at radius 2 is 2.11 bits per heavy atom. The summed E-state index contributed by atoms with van der Waals surface area (Å²) in [6.07, 6.45) is 1.41. The third-order valence-electron chi connectivity index (χ3n) is 3.97. The van der Waals surface area contributed by atoms with Gasteiger partial charge >= 0.3 is 0 Å². The maximum Gasteiger partial charge on any atom is 0.144 e. The number of hydrogen-bond acceptors (Lipinski definition) is 3. The van der Waals surface area contributed by atoms with E-state index < -0.39 is 0 Å². The summed E-state index contributed by atoms with van der Waals surface area (Å²) in [4.78, 5) is 12.3. The molecule has 100 valence electrons. The molecule has 0 radical (unpaired) electrons. The average molecular weight is 260 g/mol. The van der Waals surface area contributed by atoms with Crippen LogP contribution in [0.3, 0.4) is 0 Å². The van der Waals surface area contributed by atoms with Gasteiger partial charge in [-0.1, -0.05) is 32.0 Å². The second-order valence-corrected chi connectivity index (χ2v) is 6.20. The van der Waals surface area contributed by atoms with Crippen molar-refractivity contribution in [2.45, 2.75) is 32.7 Å². The Labute approximate surface area is 111 Å². The summed E-state index contributed by atoms with van der Waals surface area (Å²) in [5, 5.41) is 4.23. The predicted molar refractivity (Wildman–Crippen MR) is 71.4 cm³/mol. The average Bonchev–Trinajstić information content (AvgIpc) is 2.71. The molecule has 1 aromatic carbocycles. The van der Waals surface area contributed by atoms with Crippen LogP contribution in [-0.2, 0) is 4.79 Å². The summed E-state index contributed by atoms with van der Waals surface area (Å²) in [5.41, 5.74) is 4.01. The second-order valence-electron chi connectivity index (χ2n) is 6.20. The van der Waals surface area contributed by atoms with Gasteiger partial charge in [-0.05, 0) is 17.9 Å². The van der Waals surface area contributed by atoms with E-state index >= 15 is 0 Å². The minimum Gasteiger partial charge on any atom is -0.306 e. The first kappa shape index (κ1) is 12.3. The molecule has 0 saturated heterocycles. The van der Waals surface area contributed by atoms with Crippen LogP contribution in [0, 0.1) is 17.2 Å². The fourth-order valence-electron chi connectivity index (χ4n) is 3.17. The second kappa shape index (κ2) is 4.15. The van der Waals surface area contributed by atoms with E-state index in [-0.39, 0.29) is 29.0 Å².